The highest BCUT2D eigenvalue weighted by atomic mass is 16.5. The van der Waals surface area contributed by atoms with Gasteiger partial charge in [-0.2, -0.15) is 0 Å². The zero-order valence-electron chi connectivity index (χ0n) is 7.16. The molecule has 0 bridgehead atoms. The van der Waals surface area contributed by atoms with Gasteiger partial charge in [0.15, 0.2) is 0 Å². The topological polar surface area (TPSA) is 26.3 Å². The minimum absolute atomic E-state index is 0.0347. The lowest BCUT2D eigenvalue weighted by molar-refractivity contribution is -0.144. The Hall–Kier alpha value is -1.05. The number of ether oxygens (including phenoxy) is 1. The van der Waals surface area contributed by atoms with E-state index in [4.69, 9.17) is 4.74 Å². The second-order valence-electron chi connectivity index (χ2n) is 3.04. The van der Waals surface area contributed by atoms with Crippen LogP contribution in [0.25, 0.3) is 0 Å². The van der Waals surface area contributed by atoms with Crippen molar-refractivity contribution in [2.45, 2.75) is 25.4 Å². The van der Waals surface area contributed by atoms with Crippen LogP contribution in [0.5, 0.6) is 0 Å². The molecule has 0 saturated carbocycles. The van der Waals surface area contributed by atoms with Crippen LogP contribution in [0.3, 0.4) is 0 Å². The lowest BCUT2D eigenvalue weighted by Crippen LogP contribution is -2.06. The molecular formula is C10H14O2. The molecule has 1 heterocycles. The van der Waals surface area contributed by atoms with Crippen molar-refractivity contribution in [3.8, 4) is 0 Å². The third-order valence-electron chi connectivity index (χ3n) is 2.04. The van der Waals surface area contributed by atoms with Crippen LogP contribution in [0.15, 0.2) is 25.3 Å². The summed E-state index contributed by atoms with van der Waals surface area (Å²) < 4.78 is 5.11. The first-order valence-electron chi connectivity index (χ1n) is 4.20. The number of rotatable bonds is 4. The fourth-order valence-corrected chi connectivity index (χ4v) is 1.45. The van der Waals surface area contributed by atoms with E-state index in [9.17, 15) is 4.79 Å². The molecule has 0 radical (unpaired) electrons. The van der Waals surface area contributed by atoms with Gasteiger partial charge in [0, 0.05) is 6.42 Å². The Morgan fingerprint density at radius 2 is 2.08 bits per heavy atom. The smallest absolute Gasteiger partial charge is 0.309 e. The van der Waals surface area contributed by atoms with Gasteiger partial charge in [-0.15, -0.1) is 13.2 Å². The monoisotopic (exact) mass is 166 g/mol. The summed E-state index contributed by atoms with van der Waals surface area (Å²) in [7, 11) is 0. The van der Waals surface area contributed by atoms with Crippen molar-refractivity contribution >= 4 is 5.97 Å². The number of esters is 1. The molecule has 1 saturated heterocycles. The molecule has 2 atom stereocenters. The SMILES string of the molecule is C=CC[C@@H]1C[C@H](CC=C)C(=O)O1. The average molecular weight is 166 g/mol. The Bertz CT molecular complexity index is 196. The maximum absolute atomic E-state index is 11.1. The van der Waals surface area contributed by atoms with Crippen molar-refractivity contribution in [3.63, 3.8) is 0 Å². The zero-order chi connectivity index (χ0) is 8.97. The first-order valence-corrected chi connectivity index (χ1v) is 4.20. The van der Waals surface area contributed by atoms with Crippen molar-refractivity contribution in [2.24, 2.45) is 5.92 Å². The van der Waals surface area contributed by atoms with Crippen molar-refractivity contribution in [3.05, 3.63) is 25.3 Å². The van der Waals surface area contributed by atoms with Gasteiger partial charge in [0.1, 0.15) is 6.10 Å². The average Bonchev–Trinajstić information content (AvgIpc) is 2.34. The Balaban J connectivity index is 2.43. The van der Waals surface area contributed by atoms with Gasteiger partial charge in [-0.05, 0) is 12.8 Å². The molecule has 2 nitrogen and oxygen atoms in total. The molecule has 1 aliphatic rings. The number of hydrogen-bond donors (Lipinski definition) is 0. The van der Waals surface area contributed by atoms with Crippen molar-refractivity contribution in [1.82, 2.24) is 0 Å². The molecule has 0 amide bonds. The van der Waals surface area contributed by atoms with Crippen molar-refractivity contribution in [2.75, 3.05) is 0 Å². The first-order chi connectivity index (χ1) is 5.77. The second-order valence-corrected chi connectivity index (χ2v) is 3.04. The van der Waals surface area contributed by atoms with E-state index < -0.39 is 0 Å². The second kappa shape index (κ2) is 4.10. The quantitative estimate of drug-likeness (QED) is 0.472. The highest BCUT2D eigenvalue weighted by Gasteiger charge is 2.32. The summed E-state index contributed by atoms with van der Waals surface area (Å²) in [4.78, 5) is 11.1. The predicted octanol–water partition coefficient (Wildman–Crippen LogP) is 2.07. The molecule has 1 rings (SSSR count). The number of cyclic esters (lactones) is 1. The molecular weight excluding hydrogens is 152 g/mol. The summed E-state index contributed by atoms with van der Waals surface area (Å²) in [6, 6.07) is 0. The van der Waals surface area contributed by atoms with Crippen LogP contribution >= 0.6 is 0 Å². The molecule has 0 spiro atoms. The highest BCUT2D eigenvalue weighted by molar-refractivity contribution is 5.74. The third-order valence-corrected chi connectivity index (χ3v) is 2.04. The minimum Gasteiger partial charge on any atom is -0.462 e. The van der Waals surface area contributed by atoms with Crippen LogP contribution in [-0.2, 0) is 9.53 Å². The van der Waals surface area contributed by atoms with Crippen LogP contribution in [0.4, 0.5) is 0 Å². The van der Waals surface area contributed by atoms with Gasteiger partial charge in [0.2, 0.25) is 0 Å². The van der Waals surface area contributed by atoms with Crippen molar-refractivity contribution < 1.29 is 9.53 Å². The Morgan fingerprint density at radius 1 is 1.42 bits per heavy atom. The van der Waals surface area contributed by atoms with Crippen LogP contribution in [0.2, 0.25) is 0 Å². The van der Waals surface area contributed by atoms with Gasteiger partial charge in [-0.1, -0.05) is 12.2 Å². The van der Waals surface area contributed by atoms with E-state index >= 15 is 0 Å². The van der Waals surface area contributed by atoms with E-state index in [2.05, 4.69) is 13.2 Å². The van der Waals surface area contributed by atoms with Gasteiger partial charge in [-0.3, -0.25) is 4.79 Å². The summed E-state index contributed by atoms with van der Waals surface area (Å²) in [5.74, 6) is -0.0470. The molecule has 0 aliphatic carbocycles. The van der Waals surface area contributed by atoms with E-state index in [1.54, 1.807) is 12.2 Å². The summed E-state index contributed by atoms with van der Waals surface area (Å²) in [5.41, 5.74) is 0. The molecule has 1 aliphatic heterocycles. The molecule has 0 aromatic carbocycles. The van der Waals surface area contributed by atoms with Gasteiger partial charge >= 0.3 is 5.97 Å². The predicted molar refractivity (Wildman–Crippen MR) is 47.6 cm³/mol. The maximum Gasteiger partial charge on any atom is 0.309 e. The Kier molecular flexibility index (Phi) is 3.09. The van der Waals surface area contributed by atoms with Crippen molar-refractivity contribution in [1.29, 1.82) is 0 Å². The zero-order valence-corrected chi connectivity index (χ0v) is 7.16. The molecule has 12 heavy (non-hydrogen) atoms. The highest BCUT2D eigenvalue weighted by Crippen LogP contribution is 2.26. The number of hydrogen-bond acceptors (Lipinski definition) is 2. The largest absolute Gasteiger partial charge is 0.462 e. The number of carbonyl (C=O) groups is 1. The lowest BCUT2D eigenvalue weighted by Gasteiger charge is -2.02. The Morgan fingerprint density at radius 3 is 2.67 bits per heavy atom. The molecule has 0 aromatic rings. The molecule has 2 heteroatoms. The van der Waals surface area contributed by atoms with Gasteiger partial charge in [0.25, 0.3) is 0 Å². The maximum atomic E-state index is 11.1. The van der Waals surface area contributed by atoms with E-state index in [0.717, 1.165) is 19.3 Å². The third kappa shape index (κ3) is 1.97. The molecule has 1 fully saturated rings. The fourth-order valence-electron chi connectivity index (χ4n) is 1.45. The fraction of sp³-hybridized carbons (Fsp3) is 0.500. The molecule has 0 aromatic heterocycles. The molecule has 66 valence electrons. The molecule has 0 N–H and O–H groups in total. The summed E-state index contributed by atoms with van der Waals surface area (Å²) in [6.45, 7) is 7.21. The first kappa shape index (κ1) is 9.04. The minimum atomic E-state index is -0.0817. The summed E-state index contributed by atoms with van der Waals surface area (Å²) >= 11 is 0. The van der Waals surface area contributed by atoms with Crippen LogP contribution < -0.4 is 0 Å². The van der Waals surface area contributed by atoms with Crippen LogP contribution in [0.1, 0.15) is 19.3 Å². The van der Waals surface area contributed by atoms with Gasteiger partial charge in [-0.25, -0.2) is 0 Å². The normalized spacial score (nSPS) is 28.2. The van der Waals surface area contributed by atoms with Crippen LogP contribution in [-0.4, -0.2) is 12.1 Å². The van der Waals surface area contributed by atoms with E-state index in [1.165, 1.54) is 0 Å². The number of carbonyl (C=O) groups excluding carboxylic acids is 1. The number of allylic oxidation sites excluding steroid dienone is 1. The van der Waals surface area contributed by atoms with Gasteiger partial charge in [0.05, 0.1) is 5.92 Å². The molecule has 0 unspecified atom stereocenters. The lowest BCUT2D eigenvalue weighted by atomic mass is 10.0. The standard InChI is InChI=1S/C10H14O2/c1-3-5-8-7-9(6-4-2)12-10(8)11/h3-4,8-9H,1-2,5-7H2/t8-,9+/m0/s1. The summed E-state index contributed by atoms with van der Waals surface area (Å²) in [5, 5.41) is 0. The van der Waals surface area contributed by atoms with Crippen LogP contribution in [0, 0.1) is 5.92 Å². The van der Waals surface area contributed by atoms with E-state index in [0.29, 0.717) is 0 Å². The summed E-state index contributed by atoms with van der Waals surface area (Å²) in [6.07, 6.45) is 5.92. The van der Waals surface area contributed by atoms with Gasteiger partial charge < -0.3 is 4.74 Å². The Labute approximate surface area is 72.9 Å². The van der Waals surface area contributed by atoms with E-state index in [-0.39, 0.29) is 18.0 Å². The van der Waals surface area contributed by atoms with E-state index in [1.807, 2.05) is 0 Å².